The third kappa shape index (κ3) is 9.86. The minimum Gasteiger partial charge on any atom is -0.481 e. The lowest BCUT2D eigenvalue weighted by Gasteiger charge is -2.26. The maximum Gasteiger partial charge on any atom is 0.303 e. The Morgan fingerprint density at radius 1 is 1.17 bits per heavy atom. The van der Waals surface area contributed by atoms with Gasteiger partial charge in [-0.3, -0.25) is 9.59 Å². The lowest BCUT2D eigenvalue weighted by molar-refractivity contribution is -0.137. The van der Waals surface area contributed by atoms with Gasteiger partial charge in [0.2, 0.25) is 0 Å². The molecule has 30 heavy (non-hydrogen) atoms. The zero-order valence-electron chi connectivity index (χ0n) is 18.5. The van der Waals surface area contributed by atoms with Crippen LogP contribution in [0.25, 0.3) is 0 Å². The number of aliphatic hydroxyl groups is 2. The molecular formula is C25H40O5. The highest BCUT2D eigenvalue weighted by Gasteiger charge is 2.39. The molecule has 1 unspecified atom stereocenters. The molecule has 1 rings (SSSR count). The molecule has 1 saturated carbocycles. The highest BCUT2D eigenvalue weighted by Crippen LogP contribution is 2.34. The molecular weight excluding hydrogens is 380 g/mol. The molecule has 5 nitrogen and oxygen atoms in total. The van der Waals surface area contributed by atoms with Crippen LogP contribution >= 0.6 is 0 Å². The zero-order chi connectivity index (χ0) is 22.4. The van der Waals surface area contributed by atoms with Crippen LogP contribution in [0.15, 0.2) is 37.0 Å². The molecule has 1 fully saturated rings. The number of carboxylic acid groups (broad SMARTS) is 1. The number of Topliss-reactive ketones (excluding diaryl/α,β-unsaturated/α-hetero) is 1. The number of allylic oxidation sites excluding steroid dienone is 2. The van der Waals surface area contributed by atoms with E-state index in [9.17, 15) is 19.8 Å². The molecule has 1 aliphatic carbocycles. The first-order valence-electron chi connectivity index (χ1n) is 11.4. The summed E-state index contributed by atoms with van der Waals surface area (Å²) in [5.41, 5.74) is -0.820. The smallest absolute Gasteiger partial charge is 0.303 e. The third-order valence-corrected chi connectivity index (χ3v) is 5.93. The van der Waals surface area contributed by atoms with Crippen LogP contribution < -0.4 is 0 Å². The minimum absolute atomic E-state index is 0.0632. The second kappa shape index (κ2) is 14.3. The van der Waals surface area contributed by atoms with Crippen molar-refractivity contribution >= 4 is 11.8 Å². The van der Waals surface area contributed by atoms with Crippen molar-refractivity contribution in [1.82, 2.24) is 0 Å². The van der Waals surface area contributed by atoms with Crippen LogP contribution in [0, 0.1) is 11.8 Å². The first-order chi connectivity index (χ1) is 14.3. The van der Waals surface area contributed by atoms with Crippen molar-refractivity contribution in [2.24, 2.45) is 11.8 Å². The van der Waals surface area contributed by atoms with Crippen molar-refractivity contribution in [3.8, 4) is 0 Å². The molecule has 0 aliphatic heterocycles. The molecule has 0 bridgehead atoms. The number of carbonyl (C=O) groups is 2. The summed E-state index contributed by atoms with van der Waals surface area (Å²) in [6, 6.07) is 0. The topological polar surface area (TPSA) is 94.8 Å². The van der Waals surface area contributed by atoms with Crippen molar-refractivity contribution in [3.05, 3.63) is 37.0 Å². The monoisotopic (exact) mass is 420 g/mol. The van der Waals surface area contributed by atoms with Gasteiger partial charge in [-0.1, -0.05) is 63.0 Å². The van der Waals surface area contributed by atoms with E-state index in [4.69, 9.17) is 5.11 Å². The average Bonchev–Trinajstić information content (AvgIpc) is 2.95. The fraction of sp³-hybridized carbons (Fsp3) is 0.680. The van der Waals surface area contributed by atoms with Gasteiger partial charge in [0.1, 0.15) is 5.78 Å². The molecule has 1 aliphatic rings. The summed E-state index contributed by atoms with van der Waals surface area (Å²) >= 11 is 0. The SMILES string of the molecule is C=CCC(O)(CC=C[C@H]1[C@H](O)CC(=O)[C@@H]1CC=CCCCC(=O)O)CCCCCC. The predicted molar refractivity (Wildman–Crippen MR) is 120 cm³/mol. The highest BCUT2D eigenvalue weighted by molar-refractivity contribution is 5.84. The summed E-state index contributed by atoms with van der Waals surface area (Å²) in [7, 11) is 0. The minimum atomic E-state index is -0.820. The van der Waals surface area contributed by atoms with Crippen LogP contribution in [0.4, 0.5) is 0 Å². The van der Waals surface area contributed by atoms with Gasteiger partial charge >= 0.3 is 5.97 Å². The molecule has 0 heterocycles. The molecule has 170 valence electrons. The predicted octanol–water partition coefficient (Wildman–Crippen LogP) is 4.98. The van der Waals surface area contributed by atoms with Crippen molar-refractivity contribution in [3.63, 3.8) is 0 Å². The molecule has 0 amide bonds. The van der Waals surface area contributed by atoms with Gasteiger partial charge in [-0.05, 0) is 38.5 Å². The summed E-state index contributed by atoms with van der Waals surface area (Å²) in [6.45, 7) is 5.93. The Balaban J connectivity index is 2.61. The number of ketones is 1. The Bertz CT molecular complexity index is 594. The standard InChI is InChI=1S/C25H40O5/c1-3-5-6-11-17-25(30,16-4-2)18-12-14-21-20(22(26)19-23(21)27)13-9-7-8-10-15-24(28)29/h4,7,9,12,14,20-21,23,27,30H,2-3,5-6,8,10-11,13,15-19H2,1H3,(H,28,29)/t20-,21-,23-,25?/m1/s1. The lowest BCUT2D eigenvalue weighted by atomic mass is 9.86. The second-order valence-corrected chi connectivity index (χ2v) is 8.57. The largest absolute Gasteiger partial charge is 0.481 e. The van der Waals surface area contributed by atoms with E-state index in [0.29, 0.717) is 32.1 Å². The van der Waals surface area contributed by atoms with Gasteiger partial charge in [0.25, 0.3) is 0 Å². The highest BCUT2D eigenvalue weighted by atomic mass is 16.4. The maximum atomic E-state index is 12.3. The number of unbranched alkanes of at least 4 members (excludes halogenated alkanes) is 4. The second-order valence-electron chi connectivity index (χ2n) is 8.57. The molecule has 0 saturated heterocycles. The van der Waals surface area contributed by atoms with Crippen LogP contribution in [0.1, 0.15) is 84.0 Å². The molecule has 5 heteroatoms. The first kappa shape index (κ1) is 26.3. The number of hydrogen-bond donors (Lipinski definition) is 3. The van der Waals surface area contributed by atoms with Crippen molar-refractivity contribution in [2.45, 2.75) is 95.7 Å². The van der Waals surface area contributed by atoms with Crippen LogP contribution in [0.2, 0.25) is 0 Å². The van der Waals surface area contributed by atoms with Gasteiger partial charge in [-0.2, -0.15) is 0 Å². The van der Waals surface area contributed by atoms with E-state index >= 15 is 0 Å². The van der Waals surface area contributed by atoms with Crippen LogP contribution in [0.3, 0.4) is 0 Å². The van der Waals surface area contributed by atoms with E-state index < -0.39 is 17.7 Å². The maximum absolute atomic E-state index is 12.3. The van der Waals surface area contributed by atoms with Gasteiger partial charge < -0.3 is 15.3 Å². The number of hydrogen-bond acceptors (Lipinski definition) is 4. The van der Waals surface area contributed by atoms with Crippen molar-refractivity contribution < 1.29 is 24.9 Å². The number of aliphatic carboxylic acids is 1. The van der Waals surface area contributed by atoms with Crippen molar-refractivity contribution in [2.75, 3.05) is 0 Å². The molecule has 0 aromatic heterocycles. The lowest BCUT2D eigenvalue weighted by Crippen LogP contribution is -2.27. The van der Waals surface area contributed by atoms with E-state index in [1.165, 1.54) is 6.42 Å². The van der Waals surface area contributed by atoms with E-state index in [-0.39, 0.29) is 30.5 Å². The molecule has 0 radical (unpaired) electrons. The molecule has 4 atom stereocenters. The van der Waals surface area contributed by atoms with E-state index in [1.54, 1.807) is 6.08 Å². The van der Waals surface area contributed by atoms with E-state index in [0.717, 1.165) is 25.7 Å². The van der Waals surface area contributed by atoms with Crippen LogP contribution in [-0.4, -0.2) is 38.8 Å². The van der Waals surface area contributed by atoms with E-state index in [2.05, 4.69) is 13.5 Å². The summed E-state index contributed by atoms with van der Waals surface area (Å²) in [5.74, 6) is -1.24. The Kier molecular flexibility index (Phi) is 12.6. The number of carbonyl (C=O) groups excluding carboxylic acids is 1. The molecule has 3 N–H and O–H groups in total. The van der Waals surface area contributed by atoms with Gasteiger partial charge in [-0.15, -0.1) is 6.58 Å². The Hall–Kier alpha value is -1.72. The zero-order valence-corrected chi connectivity index (χ0v) is 18.5. The molecule has 0 spiro atoms. The fourth-order valence-electron chi connectivity index (χ4n) is 4.14. The van der Waals surface area contributed by atoms with Gasteiger partial charge in [0.05, 0.1) is 11.7 Å². The van der Waals surface area contributed by atoms with Crippen LogP contribution in [-0.2, 0) is 9.59 Å². The Labute approximate surface area is 181 Å². The van der Waals surface area contributed by atoms with Gasteiger partial charge in [0.15, 0.2) is 0 Å². The third-order valence-electron chi connectivity index (χ3n) is 5.93. The normalized spacial score (nSPS) is 24.0. The van der Waals surface area contributed by atoms with Crippen molar-refractivity contribution in [1.29, 1.82) is 0 Å². The molecule has 0 aromatic rings. The first-order valence-corrected chi connectivity index (χ1v) is 11.4. The van der Waals surface area contributed by atoms with E-state index in [1.807, 2.05) is 24.3 Å². The summed E-state index contributed by atoms with van der Waals surface area (Å²) in [5, 5.41) is 29.9. The quantitative estimate of drug-likeness (QED) is 0.242. The fourth-order valence-corrected chi connectivity index (χ4v) is 4.14. The Morgan fingerprint density at radius 2 is 1.93 bits per heavy atom. The van der Waals surface area contributed by atoms with Crippen LogP contribution in [0.5, 0.6) is 0 Å². The number of rotatable bonds is 16. The average molecular weight is 421 g/mol. The van der Waals surface area contributed by atoms with Gasteiger partial charge in [0, 0.05) is 24.7 Å². The summed E-state index contributed by atoms with van der Waals surface area (Å²) < 4.78 is 0. The molecule has 0 aromatic carbocycles. The Morgan fingerprint density at radius 3 is 2.60 bits per heavy atom. The summed E-state index contributed by atoms with van der Waals surface area (Å²) in [6.07, 6.45) is 17.0. The number of carboxylic acids is 1. The summed E-state index contributed by atoms with van der Waals surface area (Å²) in [4.78, 5) is 22.8. The van der Waals surface area contributed by atoms with Gasteiger partial charge in [-0.25, -0.2) is 0 Å². The number of aliphatic hydroxyl groups excluding tert-OH is 1.